The van der Waals surface area contributed by atoms with Crippen molar-refractivity contribution in [3.05, 3.63) is 42.6 Å². The molecule has 0 atom stereocenters. The third kappa shape index (κ3) is 6.71. The molecule has 0 N–H and O–H groups in total. The van der Waals surface area contributed by atoms with Crippen LogP contribution in [0.2, 0.25) is 0 Å². The van der Waals surface area contributed by atoms with Gasteiger partial charge in [0.2, 0.25) is 5.88 Å². The molecule has 1 aromatic carbocycles. The fraction of sp³-hybridized carbons (Fsp3) is 0.571. The number of piperidine rings is 2. The summed E-state index contributed by atoms with van der Waals surface area (Å²) in [5, 5.41) is 0. The van der Waals surface area contributed by atoms with Gasteiger partial charge >= 0.3 is 6.61 Å². The number of halogens is 2. The number of rotatable bonds is 9. The highest BCUT2D eigenvalue weighted by atomic mass is 19.3. The van der Waals surface area contributed by atoms with Crippen LogP contribution in [-0.4, -0.2) is 80.5 Å². The monoisotopic (exact) mass is 530 g/mol. The third-order valence-corrected chi connectivity index (χ3v) is 7.70. The number of nitrogens with zero attached hydrogens (tertiary/aromatic N) is 4. The molecule has 1 amide bonds. The van der Waals surface area contributed by atoms with Crippen molar-refractivity contribution in [3.63, 3.8) is 0 Å². The van der Waals surface area contributed by atoms with Gasteiger partial charge in [0.1, 0.15) is 12.4 Å². The smallest absolute Gasteiger partial charge is 0.388 e. The number of aromatic nitrogens is 1. The van der Waals surface area contributed by atoms with Crippen molar-refractivity contribution in [2.24, 2.45) is 0 Å². The van der Waals surface area contributed by atoms with E-state index >= 15 is 0 Å². The SMILES string of the molecule is O=C1COC2(CCN(c3ccc(OCCCN4CCCCC4)cc3)CC2)CN1c1ccc(OC(F)F)nc1. The number of anilines is 2. The van der Waals surface area contributed by atoms with E-state index in [0.717, 1.165) is 56.9 Å². The van der Waals surface area contributed by atoms with Gasteiger partial charge in [0, 0.05) is 31.4 Å². The number of ether oxygens (including phenoxy) is 3. The number of likely N-dealkylation sites (tertiary alicyclic amines) is 1. The lowest BCUT2D eigenvalue weighted by Gasteiger charge is -2.47. The van der Waals surface area contributed by atoms with Crippen LogP contribution in [0.5, 0.6) is 11.6 Å². The molecule has 206 valence electrons. The highest BCUT2D eigenvalue weighted by Crippen LogP contribution is 2.35. The van der Waals surface area contributed by atoms with Gasteiger partial charge in [-0.2, -0.15) is 8.78 Å². The van der Waals surface area contributed by atoms with E-state index in [4.69, 9.17) is 9.47 Å². The van der Waals surface area contributed by atoms with E-state index in [-0.39, 0.29) is 18.4 Å². The topological polar surface area (TPSA) is 67.4 Å². The van der Waals surface area contributed by atoms with Crippen LogP contribution in [0.3, 0.4) is 0 Å². The Morgan fingerprint density at radius 3 is 2.39 bits per heavy atom. The summed E-state index contributed by atoms with van der Waals surface area (Å²) in [5.41, 5.74) is 1.25. The fourth-order valence-electron chi connectivity index (χ4n) is 5.53. The second-order valence-electron chi connectivity index (χ2n) is 10.3. The molecule has 0 aliphatic carbocycles. The van der Waals surface area contributed by atoms with E-state index in [2.05, 4.69) is 31.7 Å². The third-order valence-electron chi connectivity index (χ3n) is 7.70. The summed E-state index contributed by atoms with van der Waals surface area (Å²) < 4.78 is 41.2. The van der Waals surface area contributed by atoms with Crippen molar-refractivity contribution in [3.8, 4) is 11.6 Å². The van der Waals surface area contributed by atoms with Gasteiger partial charge in [0.25, 0.3) is 5.91 Å². The maximum atomic E-state index is 12.6. The molecule has 4 heterocycles. The molecular formula is C28H36F2N4O4. The van der Waals surface area contributed by atoms with Gasteiger partial charge in [-0.3, -0.25) is 4.79 Å². The fourth-order valence-corrected chi connectivity index (χ4v) is 5.53. The molecule has 3 fully saturated rings. The summed E-state index contributed by atoms with van der Waals surface area (Å²) in [6.45, 7) is 3.32. The van der Waals surface area contributed by atoms with E-state index in [1.54, 1.807) is 11.0 Å². The molecule has 0 saturated carbocycles. The Hall–Kier alpha value is -2.98. The molecule has 8 nitrogen and oxygen atoms in total. The average molecular weight is 531 g/mol. The number of benzene rings is 1. The zero-order valence-electron chi connectivity index (χ0n) is 21.7. The Balaban J connectivity index is 1.10. The van der Waals surface area contributed by atoms with Crippen molar-refractivity contribution in [1.82, 2.24) is 9.88 Å². The minimum absolute atomic E-state index is 0.0148. The first-order chi connectivity index (χ1) is 18.5. The number of pyridine rings is 1. The predicted molar refractivity (Wildman–Crippen MR) is 140 cm³/mol. The summed E-state index contributed by atoms with van der Waals surface area (Å²) in [4.78, 5) is 23.0. The lowest BCUT2D eigenvalue weighted by Crippen LogP contribution is -2.59. The Morgan fingerprint density at radius 1 is 0.974 bits per heavy atom. The molecule has 0 bridgehead atoms. The molecule has 38 heavy (non-hydrogen) atoms. The number of morpholine rings is 1. The standard InChI is InChI=1S/C28H36F2N4O4/c29-27(30)38-25-10-7-23(19-31-25)34-21-28(37-20-26(34)35)11-16-33(17-12-28)22-5-8-24(9-6-22)36-18-4-15-32-13-2-1-3-14-32/h5-10,19,27H,1-4,11-18,20-21H2. The summed E-state index contributed by atoms with van der Waals surface area (Å²) in [7, 11) is 0. The number of carbonyl (C=O) groups is 1. The van der Waals surface area contributed by atoms with E-state index in [0.29, 0.717) is 12.2 Å². The van der Waals surface area contributed by atoms with E-state index in [1.165, 1.54) is 44.6 Å². The number of hydrogen-bond donors (Lipinski definition) is 0. The van der Waals surface area contributed by atoms with Crippen LogP contribution < -0.4 is 19.3 Å². The highest BCUT2D eigenvalue weighted by Gasteiger charge is 2.43. The zero-order valence-corrected chi connectivity index (χ0v) is 21.7. The minimum atomic E-state index is -2.94. The van der Waals surface area contributed by atoms with Crippen LogP contribution in [0, 0.1) is 0 Å². The van der Waals surface area contributed by atoms with E-state index in [9.17, 15) is 13.6 Å². The molecule has 3 aliphatic heterocycles. The highest BCUT2D eigenvalue weighted by molar-refractivity contribution is 5.95. The van der Waals surface area contributed by atoms with Crippen LogP contribution in [0.4, 0.5) is 20.2 Å². The van der Waals surface area contributed by atoms with Crippen LogP contribution in [0.15, 0.2) is 42.6 Å². The summed E-state index contributed by atoms with van der Waals surface area (Å²) in [5.74, 6) is 0.541. The minimum Gasteiger partial charge on any atom is -0.494 e. The normalized spacial score (nSPS) is 20.2. The van der Waals surface area contributed by atoms with Crippen molar-refractivity contribution < 1.29 is 27.8 Å². The Bertz CT molecular complexity index is 1040. The van der Waals surface area contributed by atoms with Crippen molar-refractivity contribution in [2.75, 3.05) is 62.3 Å². The molecule has 0 unspecified atom stereocenters. The van der Waals surface area contributed by atoms with Gasteiger partial charge in [0.15, 0.2) is 0 Å². The summed E-state index contributed by atoms with van der Waals surface area (Å²) >= 11 is 0. The lowest BCUT2D eigenvalue weighted by atomic mass is 9.88. The molecule has 3 saturated heterocycles. The van der Waals surface area contributed by atoms with Crippen LogP contribution in [0.1, 0.15) is 38.5 Å². The molecule has 2 aromatic rings. The Labute approximate surface area is 222 Å². The number of amides is 1. The van der Waals surface area contributed by atoms with Gasteiger partial charge in [-0.25, -0.2) is 4.98 Å². The second-order valence-corrected chi connectivity index (χ2v) is 10.3. The van der Waals surface area contributed by atoms with E-state index in [1.807, 2.05) is 12.1 Å². The molecule has 1 aromatic heterocycles. The van der Waals surface area contributed by atoms with Gasteiger partial charge in [-0.15, -0.1) is 0 Å². The second kappa shape index (κ2) is 12.3. The Kier molecular flexibility index (Phi) is 8.58. The lowest BCUT2D eigenvalue weighted by molar-refractivity contribution is -0.141. The van der Waals surface area contributed by atoms with Crippen LogP contribution in [-0.2, 0) is 9.53 Å². The van der Waals surface area contributed by atoms with Crippen molar-refractivity contribution in [2.45, 2.75) is 50.7 Å². The number of hydrogen-bond acceptors (Lipinski definition) is 7. The predicted octanol–water partition coefficient (Wildman–Crippen LogP) is 4.34. The zero-order chi connectivity index (χ0) is 26.4. The summed E-state index contributed by atoms with van der Waals surface area (Å²) in [6, 6.07) is 11.2. The first kappa shape index (κ1) is 26.6. The number of alkyl halides is 2. The Morgan fingerprint density at radius 2 is 1.71 bits per heavy atom. The van der Waals surface area contributed by atoms with Gasteiger partial charge in [0.05, 0.1) is 30.6 Å². The maximum absolute atomic E-state index is 12.6. The van der Waals surface area contributed by atoms with Gasteiger partial charge < -0.3 is 28.9 Å². The maximum Gasteiger partial charge on any atom is 0.388 e. The first-order valence-electron chi connectivity index (χ1n) is 13.6. The molecule has 0 radical (unpaired) electrons. The average Bonchev–Trinajstić information content (AvgIpc) is 2.94. The van der Waals surface area contributed by atoms with Crippen molar-refractivity contribution in [1.29, 1.82) is 0 Å². The van der Waals surface area contributed by atoms with Crippen LogP contribution in [0.25, 0.3) is 0 Å². The molecule has 10 heteroatoms. The quantitative estimate of drug-likeness (QED) is 0.447. The van der Waals surface area contributed by atoms with Gasteiger partial charge in [-0.05, 0) is 75.5 Å². The molecule has 3 aliphatic rings. The molecular weight excluding hydrogens is 494 g/mol. The van der Waals surface area contributed by atoms with Crippen molar-refractivity contribution >= 4 is 17.3 Å². The van der Waals surface area contributed by atoms with Gasteiger partial charge in [-0.1, -0.05) is 6.42 Å². The largest absolute Gasteiger partial charge is 0.494 e. The number of carbonyl (C=O) groups excluding carboxylic acids is 1. The molecule has 5 rings (SSSR count). The first-order valence-corrected chi connectivity index (χ1v) is 13.6. The molecule has 1 spiro atoms. The van der Waals surface area contributed by atoms with E-state index < -0.39 is 12.2 Å². The summed E-state index contributed by atoms with van der Waals surface area (Å²) in [6.07, 6.45) is 7.96. The van der Waals surface area contributed by atoms with Crippen LogP contribution >= 0.6 is 0 Å².